The standard InChI is InChI=1S/C21H24N4O2/c1-26-20-4-2-3-18(11-20)12-24-13-19-7-10-23-25(19)15-21(14-24)27-16-17-5-8-22-9-6-17/h2-11,21H,12-16H2,1H3/t21-/m1/s1. The number of aromatic nitrogens is 3. The zero-order chi connectivity index (χ0) is 18.5. The number of hydrogen-bond donors (Lipinski definition) is 0. The number of pyridine rings is 1. The molecule has 0 saturated heterocycles. The molecule has 6 heteroatoms. The summed E-state index contributed by atoms with van der Waals surface area (Å²) >= 11 is 0. The topological polar surface area (TPSA) is 52.4 Å². The van der Waals surface area contributed by atoms with Gasteiger partial charge in [-0.2, -0.15) is 5.10 Å². The van der Waals surface area contributed by atoms with Crippen LogP contribution in [0.25, 0.3) is 0 Å². The average Bonchev–Trinajstić information content (AvgIpc) is 3.06. The molecule has 0 spiro atoms. The molecule has 140 valence electrons. The molecule has 0 fully saturated rings. The van der Waals surface area contributed by atoms with Crippen molar-refractivity contribution in [2.75, 3.05) is 13.7 Å². The maximum Gasteiger partial charge on any atom is 0.119 e. The zero-order valence-corrected chi connectivity index (χ0v) is 15.5. The molecular formula is C21H24N4O2. The van der Waals surface area contributed by atoms with Gasteiger partial charge in [0.2, 0.25) is 0 Å². The first-order valence-corrected chi connectivity index (χ1v) is 9.16. The number of methoxy groups -OCH3 is 1. The van der Waals surface area contributed by atoms with Gasteiger partial charge in [-0.1, -0.05) is 12.1 Å². The Morgan fingerprint density at radius 2 is 1.93 bits per heavy atom. The van der Waals surface area contributed by atoms with E-state index in [2.05, 4.69) is 37.9 Å². The van der Waals surface area contributed by atoms with Crippen LogP contribution in [-0.2, 0) is 31.0 Å². The minimum absolute atomic E-state index is 0.0740. The molecule has 1 aliphatic rings. The van der Waals surface area contributed by atoms with Gasteiger partial charge in [0, 0.05) is 38.2 Å². The van der Waals surface area contributed by atoms with Crippen molar-refractivity contribution in [3.8, 4) is 5.75 Å². The lowest BCUT2D eigenvalue weighted by Gasteiger charge is -2.24. The first-order chi connectivity index (χ1) is 13.3. The Hall–Kier alpha value is -2.70. The molecule has 0 amide bonds. The number of nitrogens with zero attached hydrogens (tertiary/aromatic N) is 4. The van der Waals surface area contributed by atoms with Crippen molar-refractivity contribution in [3.05, 3.63) is 77.9 Å². The second-order valence-corrected chi connectivity index (χ2v) is 6.81. The third-order valence-electron chi connectivity index (χ3n) is 4.80. The van der Waals surface area contributed by atoms with Gasteiger partial charge in [-0.05, 0) is 41.5 Å². The molecule has 0 bridgehead atoms. The summed E-state index contributed by atoms with van der Waals surface area (Å²) in [6.45, 7) is 3.90. The van der Waals surface area contributed by atoms with Crippen molar-refractivity contribution >= 4 is 0 Å². The molecule has 3 aromatic rings. The van der Waals surface area contributed by atoms with E-state index in [1.165, 1.54) is 11.3 Å². The van der Waals surface area contributed by atoms with Crippen LogP contribution in [-0.4, -0.2) is 39.4 Å². The number of hydrogen-bond acceptors (Lipinski definition) is 5. The van der Waals surface area contributed by atoms with Gasteiger partial charge >= 0.3 is 0 Å². The monoisotopic (exact) mass is 364 g/mol. The third kappa shape index (κ3) is 4.53. The third-order valence-corrected chi connectivity index (χ3v) is 4.80. The second-order valence-electron chi connectivity index (χ2n) is 6.81. The minimum Gasteiger partial charge on any atom is -0.497 e. The second kappa shape index (κ2) is 8.33. The lowest BCUT2D eigenvalue weighted by atomic mass is 10.2. The number of benzene rings is 1. The Bertz CT molecular complexity index is 865. The SMILES string of the molecule is COc1cccc(CN2Cc3ccnn3C[C@H](OCc3ccncc3)C2)c1. The van der Waals surface area contributed by atoms with Crippen LogP contribution < -0.4 is 4.74 Å². The molecule has 1 aromatic carbocycles. The summed E-state index contributed by atoms with van der Waals surface area (Å²) in [5.74, 6) is 0.887. The Morgan fingerprint density at radius 1 is 1.04 bits per heavy atom. The van der Waals surface area contributed by atoms with Crippen LogP contribution in [0.4, 0.5) is 0 Å². The Labute approximate surface area is 159 Å². The molecule has 3 heterocycles. The van der Waals surface area contributed by atoms with Gasteiger partial charge in [0.1, 0.15) is 5.75 Å². The van der Waals surface area contributed by atoms with Crippen LogP contribution in [0.3, 0.4) is 0 Å². The van der Waals surface area contributed by atoms with E-state index in [-0.39, 0.29) is 6.10 Å². The fourth-order valence-electron chi connectivity index (χ4n) is 3.44. The largest absolute Gasteiger partial charge is 0.497 e. The van der Waals surface area contributed by atoms with Crippen LogP contribution in [0.15, 0.2) is 61.1 Å². The zero-order valence-electron chi connectivity index (χ0n) is 15.5. The first kappa shape index (κ1) is 17.7. The maximum absolute atomic E-state index is 6.23. The Kier molecular flexibility index (Phi) is 5.46. The van der Waals surface area contributed by atoms with Crippen molar-refractivity contribution in [1.29, 1.82) is 0 Å². The van der Waals surface area contributed by atoms with Crippen molar-refractivity contribution < 1.29 is 9.47 Å². The highest BCUT2D eigenvalue weighted by Gasteiger charge is 2.23. The van der Waals surface area contributed by atoms with Gasteiger partial charge in [0.15, 0.2) is 0 Å². The maximum atomic E-state index is 6.23. The summed E-state index contributed by atoms with van der Waals surface area (Å²) in [6, 6.07) is 14.3. The van der Waals surface area contributed by atoms with E-state index in [1.54, 1.807) is 19.5 Å². The van der Waals surface area contributed by atoms with Gasteiger partial charge in [0.25, 0.3) is 0 Å². The van der Waals surface area contributed by atoms with Gasteiger partial charge in [-0.3, -0.25) is 14.6 Å². The highest BCUT2D eigenvalue weighted by atomic mass is 16.5. The molecule has 0 radical (unpaired) electrons. The number of rotatable bonds is 6. The van der Waals surface area contributed by atoms with E-state index in [4.69, 9.17) is 9.47 Å². The average molecular weight is 364 g/mol. The Morgan fingerprint density at radius 3 is 2.78 bits per heavy atom. The van der Waals surface area contributed by atoms with E-state index in [0.717, 1.165) is 37.5 Å². The molecule has 0 saturated carbocycles. The molecule has 27 heavy (non-hydrogen) atoms. The van der Waals surface area contributed by atoms with E-state index < -0.39 is 0 Å². The predicted octanol–water partition coefficient (Wildman–Crippen LogP) is 2.89. The lowest BCUT2D eigenvalue weighted by Crippen LogP contribution is -2.32. The van der Waals surface area contributed by atoms with Crippen molar-refractivity contribution in [2.24, 2.45) is 0 Å². The van der Waals surface area contributed by atoms with Gasteiger partial charge in [-0.25, -0.2) is 0 Å². The lowest BCUT2D eigenvalue weighted by molar-refractivity contribution is 0.00717. The molecule has 0 aliphatic carbocycles. The molecule has 6 nitrogen and oxygen atoms in total. The van der Waals surface area contributed by atoms with E-state index >= 15 is 0 Å². The van der Waals surface area contributed by atoms with Crippen LogP contribution in [0.2, 0.25) is 0 Å². The summed E-state index contributed by atoms with van der Waals surface area (Å²) < 4.78 is 13.7. The van der Waals surface area contributed by atoms with E-state index in [0.29, 0.717) is 6.61 Å². The molecule has 2 aromatic heterocycles. The highest BCUT2D eigenvalue weighted by molar-refractivity contribution is 5.28. The summed E-state index contributed by atoms with van der Waals surface area (Å²) in [6.07, 6.45) is 5.54. The van der Waals surface area contributed by atoms with Crippen LogP contribution in [0.5, 0.6) is 5.75 Å². The van der Waals surface area contributed by atoms with Crippen molar-refractivity contribution in [2.45, 2.75) is 32.3 Å². The van der Waals surface area contributed by atoms with Crippen LogP contribution >= 0.6 is 0 Å². The fourth-order valence-corrected chi connectivity index (χ4v) is 3.44. The van der Waals surface area contributed by atoms with Crippen LogP contribution in [0.1, 0.15) is 16.8 Å². The van der Waals surface area contributed by atoms with Crippen molar-refractivity contribution in [1.82, 2.24) is 19.7 Å². The van der Waals surface area contributed by atoms with E-state index in [9.17, 15) is 0 Å². The summed E-state index contributed by atoms with van der Waals surface area (Å²) in [5, 5.41) is 4.47. The molecule has 4 rings (SSSR count). The van der Waals surface area contributed by atoms with Crippen molar-refractivity contribution in [3.63, 3.8) is 0 Å². The molecule has 0 unspecified atom stereocenters. The summed E-state index contributed by atoms with van der Waals surface area (Å²) in [5.41, 5.74) is 3.58. The molecule has 1 atom stereocenters. The van der Waals surface area contributed by atoms with Gasteiger partial charge in [-0.15, -0.1) is 0 Å². The highest BCUT2D eigenvalue weighted by Crippen LogP contribution is 2.19. The van der Waals surface area contributed by atoms with E-state index in [1.807, 2.05) is 30.5 Å². The smallest absolute Gasteiger partial charge is 0.119 e. The minimum atomic E-state index is 0.0740. The number of ether oxygens (including phenoxy) is 2. The van der Waals surface area contributed by atoms with Gasteiger partial charge < -0.3 is 9.47 Å². The first-order valence-electron chi connectivity index (χ1n) is 9.16. The molecule has 0 N–H and O–H groups in total. The summed E-state index contributed by atoms with van der Waals surface area (Å²) in [7, 11) is 1.70. The van der Waals surface area contributed by atoms with Gasteiger partial charge in [0.05, 0.1) is 32.1 Å². The Balaban J connectivity index is 1.47. The number of fused-ring (bicyclic) bond motifs is 1. The fraction of sp³-hybridized carbons (Fsp3) is 0.333. The normalized spacial score (nSPS) is 17.3. The predicted molar refractivity (Wildman–Crippen MR) is 102 cm³/mol. The summed E-state index contributed by atoms with van der Waals surface area (Å²) in [4.78, 5) is 6.47. The van der Waals surface area contributed by atoms with Crippen LogP contribution in [0, 0.1) is 0 Å². The molecule has 1 aliphatic heterocycles. The molecular weight excluding hydrogens is 340 g/mol. The quantitative estimate of drug-likeness (QED) is 0.673.